The third kappa shape index (κ3) is 2.12. The van der Waals surface area contributed by atoms with E-state index < -0.39 is 0 Å². The molecule has 0 radical (unpaired) electrons. The lowest BCUT2D eigenvalue weighted by atomic mass is 9.95. The Balaban J connectivity index is 2.11. The minimum Gasteiger partial charge on any atom is -0.372 e. The molecular formula is C16H18BrN3. The first kappa shape index (κ1) is 13.6. The average Bonchev–Trinajstić information content (AvgIpc) is 3.30. The number of hydrogen-bond acceptors (Lipinski definition) is 3. The molecule has 2 aromatic rings. The van der Waals surface area contributed by atoms with Crippen LogP contribution in [0.5, 0.6) is 0 Å². The van der Waals surface area contributed by atoms with Gasteiger partial charge in [-0.15, -0.1) is 0 Å². The first-order chi connectivity index (χ1) is 9.71. The highest BCUT2D eigenvalue weighted by Crippen LogP contribution is 2.52. The van der Waals surface area contributed by atoms with Gasteiger partial charge in [0.05, 0.1) is 15.6 Å². The van der Waals surface area contributed by atoms with E-state index in [-0.39, 0.29) is 5.41 Å². The van der Waals surface area contributed by atoms with Crippen molar-refractivity contribution in [3.63, 3.8) is 0 Å². The molecule has 3 nitrogen and oxygen atoms in total. The molecule has 1 aliphatic rings. The molecule has 0 bridgehead atoms. The van der Waals surface area contributed by atoms with Crippen LogP contribution in [0, 0.1) is 0 Å². The van der Waals surface area contributed by atoms with E-state index in [1.54, 1.807) is 0 Å². The maximum Gasteiger partial charge on any atom is 0.144 e. The Morgan fingerprint density at radius 2 is 1.90 bits per heavy atom. The molecule has 0 atom stereocenters. The van der Waals surface area contributed by atoms with Gasteiger partial charge >= 0.3 is 0 Å². The molecule has 1 aromatic carbocycles. The fourth-order valence-corrected chi connectivity index (χ4v) is 3.29. The van der Waals surface area contributed by atoms with Crippen LogP contribution in [0.4, 0.5) is 5.82 Å². The topological polar surface area (TPSA) is 37.8 Å². The van der Waals surface area contributed by atoms with Gasteiger partial charge in [-0.2, -0.15) is 0 Å². The highest BCUT2D eigenvalue weighted by atomic mass is 79.9. The molecule has 4 heteroatoms. The van der Waals surface area contributed by atoms with Crippen LogP contribution in [0.2, 0.25) is 0 Å². The molecule has 0 amide bonds. The number of halogens is 1. The van der Waals surface area contributed by atoms with Gasteiger partial charge in [0.2, 0.25) is 0 Å². The van der Waals surface area contributed by atoms with Gasteiger partial charge in [-0.3, -0.25) is 0 Å². The van der Waals surface area contributed by atoms with Crippen LogP contribution in [0.1, 0.15) is 36.8 Å². The Labute approximate surface area is 128 Å². The second-order valence-corrected chi connectivity index (χ2v) is 6.00. The van der Waals surface area contributed by atoms with E-state index in [9.17, 15) is 0 Å². The summed E-state index contributed by atoms with van der Waals surface area (Å²) in [5.41, 5.74) is 2.42. The summed E-state index contributed by atoms with van der Waals surface area (Å²) in [4.78, 5) is 9.55. The third-order valence-corrected chi connectivity index (χ3v) is 4.83. The Morgan fingerprint density at radius 3 is 2.45 bits per heavy atom. The van der Waals surface area contributed by atoms with Crippen LogP contribution in [-0.2, 0) is 11.8 Å². The zero-order chi connectivity index (χ0) is 14.2. The number of hydrogen-bond donors (Lipinski definition) is 1. The number of benzene rings is 1. The molecule has 104 valence electrons. The lowest BCUT2D eigenvalue weighted by Gasteiger charge is -2.17. The van der Waals surface area contributed by atoms with Crippen molar-refractivity contribution in [3.05, 3.63) is 51.9 Å². The van der Waals surface area contributed by atoms with Gasteiger partial charge in [-0.25, -0.2) is 9.97 Å². The van der Waals surface area contributed by atoms with Crippen LogP contribution in [0.3, 0.4) is 0 Å². The highest BCUT2D eigenvalue weighted by Gasteiger charge is 2.49. The van der Waals surface area contributed by atoms with E-state index >= 15 is 0 Å². The Kier molecular flexibility index (Phi) is 3.50. The van der Waals surface area contributed by atoms with Crippen LogP contribution >= 0.6 is 15.9 Å². The minimum absolute atomic E-state index is 0.0253. The minimum atomic E-state index is 0.0253. The normalized spacial score (nSPS) is 15.9. The van der Waals surface area contributed by atoms with Crippen molar-refractivity contribution in [3.8, 4) is 0 Å². The monoisotopic (exact) mass is 331 g/mol. The van der Waals surface area contributed by atoms with Gasteiger partial charge in [-0.05, 0) is 40.8 Å². The zero-order valence-corrected chi connectivity index (χ0v) is 13.4. The predicted octanol–water partition coefficient (Wildman–Crippen LogP) is 3.92. The van der Waals surface area contributed by atoms with Crippen LogP contribution in [0.25, 0.3) is 0 Å². The van der Waals surface area contributed by atoms with Gasteiger partial charge in [0.25, 0.3) is 0 Å². The predicted molar refractivity (Wildman–Crippen MR) is 85.1 cm³/mol. The number of rotatable bonds is 4. The molecule has 1 aromatic heterocycles. The summed E-state index contributed by atoms with van der Waals surface area (Å²) in [5, 5.41) is 3.16. The Morgan fingerprint density at radius 1 is 1.20 bits per heavy atom. The SMILES string of the molecule is CCc1nc(C2(c3ccccc3)CC2)nc(NC)c1Br. The van der Waals surface area contributed by atoms with E-state index in [1.165, 1.54) is 5.56 Å². The lowest BCUT2D eigenvalue weighted by molar-refractivity contribution is 0.739. The van der Waals surface area contributed by atoms with Crippen LogP contribution in [-0.4, -0.2) is 17.0 Å². The Hall–Kier alpha value is -1.42. The summed E-state index contributed by atoms with van der Waals surface area (Å²) in [7, 11) is 1.90. The number of aryl methyl sites for hydroxylation is 1. The summed E-state index contributed by atoms with van der Waals surface area (Å²) < 4.78 is 0.982. The van der Waals surface area contributed by atoms with Crippen LogP contribution in [0.15, 0.2) is 34.8 Å². The first-order valence-electron chi connectivity index (χ1n) is 7.01. The summed E-state index contributed by atoms with van der Waals surface area (Å²) in [6.07, 6.45) is 3.16. The molecule has 0 unspecified atom stereocenters. The highest BCUT2D eigenvalue weighted by molar-refractivity contribution is 9.10. The number of anilines is 1. The van der Waals surface area contributed by atoms with Crippen molar-refractivity contribution in [2.45, 2.75) is 31.6 Å². The van der Waals surface area contributed by atoms with Gasteiger partial charge in [-0.1, -0.05) is 37.3 Å². The summed E-state index contributed by atoms with van der Waals surface area (Å²) in [6, 6.07) is 10.6. The Bertz CT molecular complexity index is 596. The molecule has 20 heavy (non-hydrogen) atoms. The van der Waals surface area contributed by atoms with Gasteiger partial charge in [0, 0.05) is 7.05 Å². The maximum atomic E-state index is 4.81. The largest absolute Gasteiger partial charge is 0.372 e. The summed E-state index contributed by atoms with van der Waals surface area (Å²) in [6.45, 7) is 2.12. The molecule has 3 rings (SSSR count). The van der Waals surface area contributed by atoms with Crippen molar-refractivity contribution >= 4 is 21.7 Å². The molecule has 0 spiro atoms. The second-order valence-electron chi connectivity index (χ2n) is 5.21. The average molecular weight is 332 g/mol. The van der Waals surface area contributed by atoms with Gasteiger partial charge in [0.15, 0.2) is 0 Å². The summed E-state index contributed by atoms with van der Waals surface area (Å²) in [5.74, 6) is 1.84. The van der Waals surface area contributed by atoms with Crippen molar-refractivity contribution < 1.29 is 0 Å². The van der Waals surface area contributed by atoms with Gasteiger partial charge in [0.1, 0.15) is 11.6 Å². The maximum absolute atomic E-state index is 4.81. The van der Waals surface area contributed by atoms with E-state index in [4.69, 9.17) is 9.97 Å². The molecule has 1 saturated carbocycles. The van der Waals surface area contributed by atoms with Gasteiger partial charge < -0.3 is 5.32 Å². The fourth-order valence-electron chi connectivity index (χ4n) is 2.63. The summed E-state index contributed by atoms with van der Waals surface area (Å²) >= 11 is 3.59. The number of nitrogens with zero attached hydrogens (tertiary/aromatic N) is 2. The number of nitrogens with one attached hydrogen (secondary N) is 1. The molecule has 0 aliphatic heterocycles. The van der Waals surface area contributed by atoms with E-state index in [1.807, 2.05) is 7.05 Å². The molecular weight excluding hydrogens is 314 g/mol. The lowest BCUT2D eigenvalue weighted by Crippen LogP contribution is -2.16. The standard InChI is InChI=1S/C16H18BrN3/c1-3-12-13(17)14(18-2)20-15(19-12)16(9-10-16)11-7-5-4-6-8-11/h4-8H,3,9-10H2,1-2H3,(H,18,19,20). The number of aromatic nitrogens is 2. The molecule has 1 heterocycles. The molecule has 1 fully saturated rings. The molecule has 1 aliphatic carbocycles. The van der Waals surface area contributed by atoms with E-state index in [0.29, 0.717) is 0 Å². The quantitative estimate of drug-likeness (QED) is 0.922. The molecule has 0 saturated heterocycles. The fraction of sp³-hybridized carbons (Fsp3) is 0.375. The van der Waals surface area contributed by atoms with Crippen molar-refractivity contribution in [1.29, 1.82) is 0 Å². The third-order valence-electron chi connectivity index (χ3n) is 4.00. The van der Waals surface area contributed by atoms with E-state index in [2.05, 4.69) is 58.5 Å². The van der Waals surface area contributed by atoms with E-state index in [0.717, 1.165) is 41.1 Å². The zero-order valence-electron chi connectivity index (χ0n) is 11.8. The second kappa shape index (κ2) is 5.17. The van der Waals surface area contributed by atoms with Crippen molar-refractivity contribution in [2.75, 3.05) is 12.4 Å². The van der Waals surface area contributed by atoms with Crippen LogP contribution < -0.4 is 5.32 Å². The van der Waals surface area contributed by atoms with Crippen molar-refractivity contribution in [1.82, 2.24) is 9.97 Å². The smallest absolute Gasteiger partial charge is 0.144 e. The van der Waals surface area contributed by atoms with Crippen molar-refractivity contribution in [2.24, 2.45) is 0 Å². The molecule has 1 N–H and O–H groups in total. The first-order valence-corrected chi connectivity index (χ1v) is 7.80.